The summed E-state index contributed by atoms with van der Waals surface area (Å²) < 4.78 is 23.8. The van der Waals surface area contributed by atoms with Crippen LogP contribution in [0.3, 0.4) is 0 Å². The van der Waals surface area contributed by atoms with Crippen molar-refractivity contribution in [2.75, 3.05) is 13.2 Å². The summed E-state index contributed by atoms with van der Waals surface area (Å²) in [6, 6.07) is 9.72. The van der Waals surface area contributed by atoms with Crippen LogP contribution in [0.4, 0.5) is 0 Å². The average molecular weight is 485 g/mol. The van der Waals surface area contributed by atoms with Gasteiger partial charge in [0.15, 0.2) is 25.5 Å². The number of aliphatic hydroxyl groups excluding tert-OH is 1. The number of hydrogen-bond acceptors (Lipinski definition) is 8. The molecule has 2 rings (SSSR count). The topological polar surface area (TPSA) is 91.3 Å². The average Bonchev–Trinajstić information content (AvgIpc) is 2.97. The molecule has 1 aromatic carbocycles. The quantitative estimate of drug-likeness (QED) is 0.417. The highest BCUT2D eigenvalue weighted by atomic mass is 32.2. The Bertz CT molecular complexity index is 780. The molecule has 7 nitrogen and oxygen atoms in total. The summed E-state index contributed by atoms with van der Waals surface area (Å²) in [5, 5.41) is 10.4. The van der Waals surface area contributed by atoms with Crippen molar-refractivity contribution < 1.29 is 33.3 Å². The third-order valence-corrected chi connectivity index (χ3v) is 11.9. The van der Waals surface area contributed by atoms with Crippen molar-refractivity contribution in [3.63, 3.8) is 0 Å². The maximum Gasteiger partial charge on any atom is 0.303 e. The minimum atomic E-state index is -2.12. The molecule has 0 amide bonds. The van der Waals surface area contributed by atoms with E-state index in [4.69, 9.17) is 18.6 Å². The highest BCUT2D eigenvalue weighted by Gasteiger charge is 2.59. The van der Waals surface area contributed by atoms with E-state index < -0.39 is 50.1 Å². The van der Waals surface area contributed by atoms with Gasteiger partial charge in [-0.25, -0.2) is 0 Å². The lowest BCUT2D eigenvalue weighted by Gasteiger charge is -2.37. The van der Waals surface area contributed by atoms with Crippen molar-refractivity contribution in [1.82, 2.24) is 0 Å². The SMILES string of the molecule is CC(=O)O[C@@H]1[C@@H](CO[Si](C)(C)C(C)(C)C)O[C@](CO)(SCc2ccccc2)[C@H]1OC(C)=O. The number of carbonyl (C=O) groups excluding carboxylic acids is 2. The zero-order valence-corrected chi connectivity index (χ0v) is 21.9. The molecule has 0 radical (unpaired) electrons. The zero-order chi connectivity index (χ0) is 24.2. The standard InChI is InChI=1S/C23H36O7SSi/c1-16(25)28-20-19(13-27-32(6,7)22(3,4)5)30-23(15-24,21(20)29-17(2)26)31-14-18-11-9-8-10-12-18/h8-12,19-21,24H,13-15H2,1-7H3/t19-,20-,21+,23-/m1/s1. The molecule has 0 unspecified atom stereocenters. The third-order valence-electron chi connectivity index (χ3n) is 6.01. The Kier molecular flexibility index (Phi) is 8.97. The lowest BCUT2D eigenvalue weighted by Crippen LogP contribution is -2.48. The molecule has 1 N–H and O–H groups in total. The van der Waals surface area contributed by atoms with Crippen LogP contribution in [0.1, 0.15) is 40.2 Å². The minimum Gasteiger partial charge on any atom is -0.456 e. The minimum absolute atomic E-state index is 0.0199. The summed E-state index contributed by atoms with van der Waals surface area (Å²) in [5.74, 6) is -0.545. The Morgan fingerprint density at radius 2 is 1.72 bits per heavy atom. The van der Waals surface area contributed by atoms with E-state index in [2.05, 4.69) is 33.9 Å². The van der Waals surface area contributed by atoms with Crippen LogP contribution < -0.4 is 0 Å². The molecule has 1 aliphatic rings. The predicted octanol–water partition coefficient (Wildman–Crippen LogP) is 3.89. The third kappa shape index (κ3) is 6.57. The van der Waals surface area contributed by atoms with Gasteiger partial charge in [0.1, 0.15) is 6.10 Å². The van der Waals surface area contributed by atoms with Crippen LogP contribution in [-0.2, 0) is 34.0 Å². The number of aliphatic hydroxyl groups is 1. The number of rotatable bonds is 9. The number of benzene rings is 1. The van der Waals surface area contributed by atoms with Gasteiger partial charge in [0.2, 0.25) is 0 Å². The van der Waals surface area contributed by atoms with Gasteiger partial charge in [0.05, 0.1) is 13.2 Å². The number of carbonyl (C=O) groups is 2. The van der Waals surface area contributed by atoms with Crippen LogP contribution in [0.25, 0.3) is 0 Å². The highest BCUT2D eigenvalue weighted by molar-refractivity contribution is 7.99. The normalized spacial score (nSPS) is 26.1. The van der Waals surface area contributed by atoms with E-state index in [1.807, 2.05) is 30.3 Å². The molecule has 1 heterocycles. The number of hydrogen-bond donors (Lipinski definition) is 1. The molecular weight excluding hydrogens is 448 g/mol. The maximum absolute atomic E-state index is 11.9. The van der Waals surface area contributed by atoms with E-state index in [1.54, 1.807) is 0 Å². The molecule has 0 aliphatic carbocycles. The molecular formula is C23H36O7SSi. The number of ether oxygens (including phenoxy) is 3. The zero-order valence-electron chi connectivity index (χ0n) is 20.0. The van der Waals surface area contributed by atoms with Crippen molar-refractivity contribution in [2.45, 2.75) is 81.7 Å². The second-order valence-corrected chi connectivity index (χ2v) is 15.7. The molecule has 0 aromatic heterocycles. The Hall–Kier alpha value is -1.39. The fourth-order valence-electron chi connectivity index (χ4n) is 3.21. The van der Waals surface area contributed by atoms with E-state index >= 15 is 0 Å². The van der Waals surface area contributed by atoms with Gasteiger partial charge in [0.25, 0.3) is 0 Å². The Balaban J connectivity index is 2.33. The van der Waals surface area contributed by atoms with Gasteiger partial charge in [-0.15, -0.1) is 11.8 Å². The van der Waals surface area contributed by atoms with E-state index in [1.165, 1.54) is 25.6 Å². The monoisotopic (exact) mass is 484 g/mol. The van der Waals surface area contributed by atoms with Gasteiger partial charge < -0.3 is 23.7 Å². The first kappa shape index (κ1) is 26.9. The molecule has 0 spiro atoms. The van der Waals surface area contributed by atoms with Gasteiger partial charge in [-0.3, -0.25) is 9.59 Å². The Labute approximate surface area is 196 Å². The molecule has 0 bridgehead atoms. The lowest BCUT2D eigenvalue weighted by molar-refractivity contribution is -0.165. The van der Waals surface area contributed by atoms with Gasteiger partial charge >= 0.3 is 11.9 Å². The van der Waals surface area contributed by atoms with Crippen LogP contribution in [0.2, 0.25) is 18.1 Å². The van der Waals surface area contributed by atoms with Gasteiger partial charge in [-0.1, -0.05) is 51.1 Å². The second-order valence-electron chi connectivity index (χ2n) is 9.58. The van der Waals surface area contributed by atoms with Crippen molar-refractivity contribution >= 4 is 32.0 Å². The largest absolute Gasteiger partial charge is 0.456 e. The summed E-state index contributed by atoms with van der Waals surface area (Å²) in [5.41, 5.74) is 1.03. The Morgan fingerprint density at radius 3 is 2.22 bits per heavy atom. The first-order valence-corrected chi connectivity index (χ1v) is 14.7. The summed E-state index contributed by atoms with van der Waals surface area (Å²) in [4.78, 5) is 22.5. The fraction of sp³-hybridized carbons (Fsp3) is 0.652. The van der Waals surface area contributed by atoms with Crippen molar-refractivity contribution in [2.24, 2.45) is 0 Å². The van der Waals surface area contributed by atoms with E-state index in [0.29, 0.717) is 5.75 Å². The molecule has 1 aliphatic heterocycles. The van der Waals surface area contributed by atoms with Crippen LogP contribution in [0.5, 0.6) is 0 Å². The molecule has 9 heteroatoms. The first-order chi connectivity index (χ1) is 14.8. The fourth-order valence-corrected chi connectivity index (χ4v) is 5.45. The number of esters is 2. The molecule has 4 atom stereocenters. The molecule has 32 heavy (non-hydrogen) atoms. The van der Waals surface area contributed by atoms with E-state index in [9.17, 15) is 14.7 Å². The van der Waals surface area contributed by atoms with Gasteiger partial charge in [-0.05, 0) is 23.7 Å². The number of thioether (sulfide) groups is 1. The first-order valence-electron chi connectivity index (χ1n) is 10.8. The summed E-state index contributed by atoms with van der Waals surface area (Å²) in [6.45, 7) is 13.0. The highest BCUT2D eigenvalue weighted by Crippen LogP contribution is 2.45. The van der Waals surface area contributed by atoms with Crippen LogP contribution in [0, 0.1) is 0 Å². The van der Waals surface area contributed by atoms with Gasteiger partial charge in [0, 0.05) is 19.6 Å². The van der Waals surface area contributed by atoms with Gasteiger partial charge in [-0.2, -0.15) is 0 Å². The van der Waals surface area contributed by atoms with E-state index in [0.717, 1.165) is 5.56 Å². The summed E-state index contributed by atoms with van der Waals surface area (Å²) >= 11 is 1.32. The summed E-state index contributed by atoms with van der Waals surface area (Å²) in [7, 11) is -2.12. The molecule has 0 saturated carbocycles. The molecule has 1 aromatic rings. The maximum atomic E-state index is 11.9. The lowest BCUT2D eigenvalue weighted by atomic mass is 10.1. The van der Waals surface area contributed by atoms with E-state index in [-0.39, 0.29) is 11.6 Å². The molecule has 180 valence electrons. The second kappa shape index (κ2) is 10.7. The molecule has 1 fully saturated rings. The van der Waals surface area contributed by atoms with Crippen LogP contribution in [-0.4, -0.2) is 61.8 Å². The van der Waals surface area contributed by atoms with Crippen molar-refractivity contribution in [1.29, 1.82) is 0 Å². The Morgan fingerprint density at radius 1 is 1.12 bits per heavy atom. The summed E-state index contributed by atoms with van der Waals surface area (Å²) in [6.07, 6.45) is -2.56. The predicted molar refractivity (Wildman–Crippen MR) is 127 cm³/mol. The van der Waals surface area contributed by atoms with Crippen molar-refractivity contribution in [3.05, 3.63) is 35.9 Å². The van der Waals surface area contributed by atoms with Crippen molar-refractivity contribution in [3.8, 4) is 0 Å². The smallest absolute Gasteiger partial charge is 0.303 e. The van der Waals surface area contributed by atoms with Crippen LogP contribution in [0.15, 0.2) is 30.3 Å². The van der Waals surface area contributed by atoms with Crippen LogP contribution >= 0.6 is 11.8 Å². The molecule has 1 saturated heterocycles.